The fraction of sp³-hybridized carbons (Fsp3) is 0.333. The molecular formula is C24H28N6O3. The van der Waals surface area contributed by atoms with Crippen molar-refractivity contribution in [3.63, 3.8) is 0 Å². The molecule has 0 spiro atoms. The van der Waals surface area contributed by atoms with E-state index in [-0.39, 0.29) is 12.1 Å². The molecule has 0 aliphatic carbocycles. The number of ether oxygens (including phenoxy) is 2. The van der Waals surface area contributed by atoms with Crippen molar-refractivity contribution < 1.29 is 14.3 Å². The summed E-state index contributed by atoms with van der Waals surface area (Å²) in [4.78, 5) is 26.1. The molecule has 1 unspecified atom stereocenters. The Kier molecular flexibility index (Phi) is 6.99. The second-order valence-corrected chi connectivity index (χ2v) is 7.64. The topological polar surface area (TPSA) is 110 Å². The minimum Gasteiger partial charge on any atom is -0.493 e. The highest BCUT2D eigenvalue weighted by Gasteiger charge is 2.14. The van der Waals surface area contributed by atoms with Crippen LogP contribution in [0.5, 0.6) is 11.6 Å². The monoisotopic (exact) mass is 448 g/mol. The highest BCUT2D eigenvalue weighted by molar-refractivity contribution is 5.99. The first-order valence-electron chi connectivity index (χ1n) is 11.0. The van der Waals surface area contributed by atoms with E-state index in [9.17, 15) is 4.79 Å². The molecule has 3 heterocycles. The smallest absolute Gasteiger partial charge is 0.251 e. The molecule has 9 heteroatoms. The van der Waals surface area contributed by atoms with E-state index in [0.717, 1.165) is 35.3 Å². The number of aliphatic imine (C=N–C) groups is 1. The molecule has 0 saturated heterocycles. The highest BCUT2D eigenvalue weighted by atomic mass is 16.5. The van der Waals surface area contributed by atoms with Crippen molar-refractivity contribution in [3.05, 3.63) is 48.2 Å². The maximum Gasteiger partial charge on any atom is 0.251 e. The third kappa shape index (κ3) is 5.38. The van der Waals surface area contributed by atoms with Gasteiger partial charge in [0.2, 0.25) is 5.88 Å². The Bertz CT molecular complexity index is 1180. The molecule has 0 bridgehead atoms. The number of rotatable bonds is 9. The number of amidine groups is 1. The Labute approximate surface area is 192 Å². The van der Waals surface area contributed by atoms with Crippen LogP contribution in [0.1, 0.15) is 37.0 Å². The van der Waals surface area contributed by atoms with Gasteiger partial charge in [0.25, 0.3) is 5.91 Å². The summed E-state index contributed by atoms with van der Waals surface area (Å²) in [6.45, 7) is 4.99. The molecule has 4 rings (SSSR count). The third-order valence-electron chi connectivity index (χ3n) is 5.22. The van der Waals surface area contributed by atoms with Gasteiger partial charge >= 0.3 is 0 Å². The number of nitrogens with zero attached hydrogens (tertiary/aromatic N) is 3. The molecule has 33 heavy (non-hydrogen) atoms. The van der Waals surface area contributed by atoms with Gasteiger partial charge in [0, 0.05) is 47.8 Å². The van der Waals surface area contributed by atoms with Crippen LogP contribution in [0.3, 0.4) is 0 Å². The van der Waals surface area contributed by atoms with Crippen LogP contribution >= 0.6 is 0 Å². The van der Waals surface area contributed by atoms with Crippen molar-refractivity contribution >= 4 is 22.6 Å². The van der Waals surface area contributed by atoms with E-state index < -0.39 is 0 Å². The number of nitrogens with one attached hydrogen (secondary N) is 3. The molecular weight excluding hydrogens is 420 g/mol. The molecule has 1 aromatic carbocycles. The zero-order valence-electron chi connectivity index (χ0n) is 19.0. The number of pyridine rings is 2. The quantitative estimate of drug-likeness (QED) is 0.432. The van der Waals surface area contributed by atoms with Crippen LogP contribution in [0.25, 0.3) is 22.2 Å². The van der Waals surface area contributed by atoms with Crippen molar-refractivity contribution in [2.24, 2.45) is 4.99 Å². The molecule has 1 aliphatic heterocycles. The molecule has 0 radical (unpaired) electrons. The molecule has 172 valence electrons. The van der Waals surface area contributed by atoms with Crippen LogP contribution in [-0.2, 0) is 0 Å². The zero-order chi connectivity index (χ0) is 23.2. The number of methoxy groups -OCH3 is 1. The summed E-state index contributed by atoms with van der Waals surface area (Å²) in [5, 5.41) is 3.83. The lowest BCUT2D eigenvalue weighted by Crippen LogP contribution is -2.34. The summed E-state index contributed by atoms with van der Waals surface area (Å²) in [7, 11) is 1.57. The van der Waals surface area contributed by atoms with Crippen LogP contribution in [-0.4, -0.2) is 48.1 Å². The fourth-order valence-electron chi connectivity index (χ4n) is 3.61. The van der Waals surface area contributed by atoms with Crippen LogP contribution in [0.15, 0.2) is 47.6 Å². The lowest BCUT2D eigenvalue weighted by atomic mass is 10.1. The molecule has 3 aromatic rings. The minimum absolute atomic E-state index is 0.0828. The van der Waals surface area contributed by atoms with Gasteiger partial charge in [0.15, 0.2) is 0 Å². The van der Waals surface area contributed by atoms with Gasteiger partial charge in [-0.2, -0.15) is 0 Å². The molecule has 9 nitrogen and oxygen atoms in total. The van der Waals surface area contributed by atoms with Crippen molar-refractivity contribution in [1.82, 2.24) is 26.1 Å². The van der Waals surface area contributed by atoms with Crippen molar-refractivity contribution in [2.45, 2.75) is 32.9 Å². The van der Waals surface area contributed by atoms with Gasteiger partial charge in [0.1, 0.15) is 17.8 Å². The Morgan fingerprint density at radius 3 is 2.85 bits per heavy atom. The number of hydrazine groups is 1. The van der Waals surface area contributed by atoms with Gasteiger partial charge in [0.05, 0.1) is 24.9 Å². The number of hydrogen-bond acceptors (Lipinski definition) is 8. The highest BCUT2D eigenvalue weighted by Crippen LogP contribution is 2.31. The van der Waals surface area contributed by atoms with Gasteiger partial charge in [-0.25, -0.2) is 15.4 Å². The average molecular weight is 449 g/mol. The van der Waals surface area contributed by atoms with Crippen molar-refractivity contribution in [3.8, 4) is 22.9 Å². The predicted octanol–water partition coefficient (Wildman–Crippen LogP) is 3.07. The molecule has 2 aromatic heterocycles. The maximum atomic E-state index is 12.7. The Morgan fingerprint density at radius 2 is 2.09 bits per heavy atom. The third-order valence-corrected chi connectivity index (χ3v) is 5.22. The van der Waals surface area contributed by atoms with Crippen molar-refractivity contribution in [2.75, 3.05) is 20.3 Å². The number of aromatic nitrogens is 2. The zero-order valence-corrected chi connectivity index (χ0v) is 19.0. The van der Waals surface area contributed by atoms with E-state index in [0.29, 0.717) is 35.9 Å². The average Bonchev–Trinajstić information content (AvgIpc) is 3.26. The summed E-state index contributed by atoms with van der Waals surface area (Å²) >= 11 is 0. The van der Waals surface area contributed by atoms with E-state index in [1.807, 2.05) is 38.1 Å². The number of carbonyl (C=O) groups is 1. The summed E-state index contributed by atoms with van der Waals surface area (Å²) in [6, 6.07) is 11.1. The SMILES string of the molecule is CCOc1cc(-c2ccnc(OC)c2)nc2cc(C(=O)NCCCC3=NC(C)NN3)ccc12. The first-order chi connectivity index (χ1) is 16.1. The second kappa shape index (κ2) is 10.3. The molecule has 0 fully saturated rings. The van der Waals surface area contributed by atoms with Gasteiger partial charge < -0.3 is 20.2 Å². The van der Waals surface area contributed by atoms with E-state index in [1.165, 1.54) is 0 Å². The Morgan fingerprint density at radius 1 is 1.21 bits per heavy atom. The lowest BCUT2D eigenvalue weighted by Gasteiger charge is -2.12. The van der Waals surface area contributed by atoms with Crippen LogP contribution in [0, 0.1) is 0 Å². The van der Waals surface area contributed by atoms with E-state index in [1.54, 1.807) is 25.4 Å². The molecule has 1 aliphatic rings. The second-order valence-electron chi connectivity index (χ2n) is 7.64. The van der Waals surface area contributed by atoms with Crippen molar-refractivity contribution in [1.29, 1.82) is 0 Å². The summed E-state index contributed by atoms with van der Waals surface area (Å²) < 4.78 is 11.1. The van der Waals surface area contributed by atoms with E-state index >= 15 is 0 Å². The first kappa shape index (κ1) is 22.5. The molecule has 3 N–H and O–H groups in total. The molecule has 1 amide bonds. The summed E-state index contributed by atoms with van der Waals surface area (Å²) in [5.74, 6) is 1.99. The molecule has 0 saturated carbocycles. The number of carbonyl (C=O) groups excluding carboxylic acids is 1. The van der Waals surface area contributed by atoms with Crippen LogP contribution in [0.4, 0.5) is 0 Å². The maximum absolute atomic E-state index is 12.7. The fourth-order valence-corrected chi connectivity index (χ4v) is 3.61. The standard InChI is InChI=1S/C24H28N6O3/c1-4-33-21-14-19(16-9-11-25-23(13-16)32-3)28-20-12-17(7-8-18(20)21)24(31)26-10-5-6-22-27-15(2)29-30-22/h7-9,11-15,29H,4-6,10H2,1-3H3,(H,26,31)(H,27,30). The first-order valence-corrected chi connectivity index (χ1v) is 11.0. The Balaban J connectivity index is 1.53. The number of amides is 1. The number of benzene rings is 1. The normalized spacial score (nSPS) is 15.1. The van der Waals surface area contributed by atoms with Gasteiger partial charge in [-0.1, -0.05) is 0 Å². The number of fused-ring (bicyclic) bond motifs is 1. The lowest BCUT2D eigenvalue weighted by molar-refractivity contribution is 0.0953. The minimum atomic E-state index is -0.138. The van der Waals surface area contributed by atoms with Gasteiger partial charge in [-0.3, -0.25) is 9.79 Å². The van der Waals surface area contributed by atoms with E-state index in [2.05, 4.69) is 26.1 Å². The Hall–Kier alpha value is -3.72. The van der Waals surface area contributed by atoms with Crippen LogP contribution in [0.2, 0.25) is 0 Å². The van der Waals surface area contributed by atoms with Gasteiger partial charge in [-0.15, -0.1) is 0 Å². The molecule has 1 atom stereocenters. The summed E-state index contributed by atoms with van der Waals surface area (Å²) in [6.07, 6.45) is 3.32. The largest absolute Gasteiger partial charge is 0.493 e. The number of hydrogen-bond donors (Lipinski definition) is 3. The predicted molar refractivity (Wildman–Crippen MR) is 127 cm³/mol. The van der Waals surface area contributed by atoms with E-state index in [4.69, 9.17) is 14.5 Å². The summed E-state index contributed by atoms with van der Waals surface area (Å²) in [5.41, 5.74) is 8.88. The van der Waals surface area contributed by atoms with Crippen LogP contribution < -0.4 is 25.6 Å². The van der Waals surface area contributed by atoms with Gasteiger partial charge in [-0.05, 0) is 44.5 Å².